The molecule has 8 heteroatoms. The van der Waals surface area contributed by atoms with Gasteiger partial charge in [-0.05, 0) is 56.0 Å². The molecule has 0 radical (unpaired) electrons. The number of methoxy groups -OCH3 is 1. The SMILES string of the molecule is CCOC(=O)/C=C(/C)N1N=C2c3ccc(OC)cc3CC[C@H]2[C@H]1c1ccc([N+](=O)[O-])cc1. The molecule has 166 valence electrons. The van der Waals surface area contributed by atoms with Gasteiger partial charge in [-0.25, -0.2) is 4.79 Å². The summed E-state index contributed by atoms with van der Waals surface area (Å²) in [5.41, 5.74) is 4.81. The summed E-state index contributed by atoms with van der Waals surface area (Å²) < 4.78 is 10.4. The highest BCUT2D eigenvalue weighted by molar-refractivity contribution is 6.06. The summed E-state index contributed by atoms with van der Waals surface area (Å²) in [5, 5.41) is 17.9. The molecule has 0 saturated carbocycles. The van der Waals surface area contributed by atoms with Crippen LogP contribution in [-0.2, 0) is 16.0 Å². The molecule has 4 rings (SSSR count). The molecule has 2 aromatic carbocycles. The highest BCUT2D eigenvalue weighted by Crippen LogP contribution is 2.45. The Morgan fingerprint density at radius 1 is 1.28 bits per heavy atom. The number of fused-ring (bicyclic) bond motifs is 3. The maximum atomic E-state index is 12.1. The Labute approximate surface area is 186 Å². The van der Waals surface area contributed by atoms with Crippen LogP contribution in [0.3, 0.4) is 0 Å². The van der Waals surface area contributed by atoms with E-state index in [4.69, 9.17) is 14.6 Å². The Hall–Kier alpha value is -3.68. The van der Waals surface area contributed by atoms with Crippen LogP contribution in [0.1, 0.15) is 43.0 Å². The fourth-order valence-corrected chi connectivity index (χ4v) is 4.47. The van der Waals surface area contributed by atoms with Gasteiger partial charge >= 0.3 is 5.97 Å². The van der Waals surface area contributed by atoms with E-state index in [0.717, 1.165) is 35.4 Å². The summed E-state index contributed by atoms with van der Waals surface area (Å²) in [7, 11) is 1.65. The first kappa shape index (κ1) is 21.5. The average molecular weight is 435 g/mol. The predicted molar refractivity (Wildman–Crippen MR) is 119 cm³/mol. The molecule has 0 saturated heterocycles. The molecule has 2 aromatic rings. The highest BCUT2D eigenvalue weighted by Gasteiger charge is 2.42. The van der Waals surface area contributed by atoms with Gasteiger partial charge in [-0.2, -0.15) is 5.10 Å². The zero-order valence-corrected chi connectivity index (χ0v) is 18.3. The monoisotopic (exact) mass is 435 g/mol. The number of allylic oxidation sites excluding steroid dienone is 1. The smallest absolute Gasteiger partial charge is 0.332 e. The molecule has 32 heavy (non-hydrogen) atoms. The third-order valence-electron chi connectivity index (χ3n) is 5.94. The van der Waals surface area contributed by atoms with Gasteiger partial charge in [-0.3, -0.25) is 15.1 Å². The van der Waals surface area contributed by atoms with Crippen LogP contribution in [0, 0.1) is 16.0 Å². The number of hydrazone groups is 1. The highest BCUT2D eigenvalue weighted by atomic mass is 16.6. The zero-order chi connectivity index (χ0) is 22.8. The third kappa shape index (κ3) is 3.95. The molecule has 0 spiro atoms. The van der Waals surface area contributed by atoms with Crippen LogP contribution in [0.25, 0.3) is 0 Å². The van der Waals surface area contributed by atoms with E-state index in [1.165, 1.54) is 23.8 Å². The largest absolute Gasteiger partial charge is 0.497 e. The molecule has 0 unspecified atom stereocenters. The number of nitro groups is 1. The summed E-state index contributed by atoms with van der Waals surface area (Å²) in [5.74, 6) is 0.471. The summed E-state index contributed by atoms with van der Waals surface area (Å²) in [6, 6.07) is 12.4. The topological polar surface area (TPSA) is 94.3 Å². The first-order valence-corrected chi connectivity index (χ1v) is 10.6. The molecule has 1 aliphatic carbocycles. The van der Waals surface area contributed by atoms with Gasteiger partial charge in [0.1, 0.15) is 5.75 Å². The Bertz CT molecular complexity index is 1110. The van der Waals surface area contributed by atoms with E-state index in [9.17, 15) is 14.9 Å². The molecule has 0 aromatic heterocycles. The third-order valence-corrected chi connectivity index (χ3v) is 5.94. The van der Waals surface area contributed by atoms with Crippen LogP contribution in [0.5, 0.6) is 5.75 Å². The fourth-order valence-electron chi connectivity index (χ4n) is 4.47. The quantitative estimate of drug-likeness (QED) is 0.289. The molecular formula is C24H25N3O5. The number of ether oxygens (including phenoxy) is 2. The van der Waals surface area contributed by atoms with E-state index in [1.54, 1.807) is 26.2 Å². The number of nitro benzene ring substituents is 1. The van der Waals surface area contributed by atoms with Gasteiger partial charge in [0.15, 0.2) is 0 Å². The number of rotatable bonds is 6. The molecule has 0 bridgehead atoms. The summed E-state index contributed by atoms with van der Waals surface area (Å²) in [4.78, 5) is 22.8. The predicted octanol–water partition coefficient (Wildman–Crippen LogP) is 4.39. The van der Waals surface area contributed by atoms with Gasteiger partial charge in [0.05, 0.1) is 30.4 Å². The van der Waals surface area contributed by atoms with Gasteiger partial charge < -0.3 is 9.47 Å². The number of carbonyl (C=O) groups is 1. The van der Waals surface area contributed by atoms with Gasteiger partial charge in [0.2, 0.25) is 0 Å². The van der Waals surface area contributed by atoms with Crippen molar-refractivity contribution >= 4 is 17.4 Å². The first-order chi connectivity index (χ1) is 15.4. The maximum Gasteiger partial charge on any atom is 0.332 e. The Balaban J connectivity index is 1.77. The molecule has 0 amide bonds. The van der Waals surface area contributed by atoms with Crippen LogP contribution in [0.15, 0.2) is 59.3 Å². The van der Waals surface area contributed by atoms with Crippen molar-refractivity contribution in [2.45, 2.75) is 32.7 Å². The lowest BCUT2D eigenvalue weighted by atomic mass is 9.77. The van der Waals surface area contributed by atoms with Gasteiger partial charge in [0.25, 0.3) is 5.69 Å². The van der Waals surface area contributed by atoms with Crippen molar-refractivity contribution in [3.05, 3.63) is 81.0 Å². The number of carbonyl (C=O) groups excluding carboxylic acids is 1. The van der Waals surface area contributed by atoms with E-state index < -0.39 is 10.9 Å². The lowest BCUT2D eigenvalue weighted by molar-refractivity contribution is -0.384. The molecule has 1 heterocycles. The van der Waals surface area contributed by atoms with Crippen molar-refractivity contribution in [1.82, 2.24) is 5.01 Å². The lowest BCUT2D eigenvalue weighted by Gasteiger charge is -2.31. The second-order valence-electron chi connectivity index (χ2n) is 7.83. The minimum absolute atomic E-state index is 0.0410. The van der Waals surface area contributed by atoms with Crippen LogP contribution in [0.2, 0.25) is 0 Å². The Morgan fingerprint density at radius 2 is 2.03 bits per heavy atom. The number of non-ortho nitro benzene ring substituents is 1. The number of esters is 1. The van der Waals surface area contributed by atoms with E-state index in [0.29, 0.717) is 12.3 Å². The maximum absolute atomic E-state index is 12.1. The summed E-state index contributed by atoms with van der Waals surface area (Å²) >= 11 is 0. The number of benzene rings is 2. The lowest BCUT2D eigenvalue weighted by Crippen LogP contribution is -2.28. The number of nitrogens with zero attached hydrogens (tertiary/aromatic N) is 3. The molecule has 1 aliphatic heterocycles. The molecule has 2 atom stereocenters. The van der Waals surface area contributed by atoms with Crippen molar-refractivity contribution < 1.29 is 19.2 Å². The minimum Gasteiger partial charge on any atom is -0.497 e. The van der Waals surface area contributed by atoms with E-state index in [2.05, 4.69) is 0 Å². The fraction of sp³-hybridized carbons (Fsp3) is 0.333. The Kier molecular flexibility index (Phi) is 5.94. The van der Waals surface area contributed by atoms with Crippen molar-refractivity contribution in [1.29, 1.82) is 0 Å². The molecule has 2 aliphatic rings. The Morgan fingerprint density at radius 3 is 2.69 bits per heavy atom. The second-order valence-corrected chi connectivity index (χ2v) is 7.83. The second kappa shape index (κ2) is 8.82. The first-order valence-electron chi connectivity index (χ1n) is 10.6. The van der Waals surface area contributed by atoms with Crippen molar-refractivity contribution in [2.24, 2.45) is 11.0 Å². The normalized spacial score (nSPS) is 19.7. The molecule has 0 fully saturated rings. The van der Waals surface area contributed by atoms with Crippen LogP contribution < -0.4 is 4.74 Å². The average Bonchev–Trinajstić information content (AvgIpc) is 3.19. The summed E-state index contributed by atoms with van der Waals surface area (Å²) in [6.45, 7) is 3.88. The molecular weight excluding hydrogens is 410 g/mol. The zero-order valence-electron chi connectivity index (χ0n) is 18.3. The van der Waals surface area contributed by atoms with Gasteiger partial charge in [-0.1, -0.05) is 12.1 Å². The number of aryl methyl sites for hydroxylation is 1. The van der Waals surface area contributed by atoms with E-state index in [1.807, 2.05) is 30.1 Å². The molecule has 8 nitrogen and oxygen atoms in total. The number of hydrogen-bond acceptors (Lipinski definition) is 7. The van der Waals surface area contributed by atoms with Gasteiger partial charge in [-0.15, -0.1) is 0 Å². The minimum atomic E-state index is -0.423. The van der Waals surface area contributed by atoms with Crippen molar-refractivity contribution in [2.75, 3.05) is 13.7 Å². The van der Waals surface area contributed by atoms with Crippen molar-refractivity contribution in [3.8, 4) is 5.75 Å². The van der Waals surface area contributed by atoms with Crippen LogP contribution in [0.4, 0.5) is 5.69 Å². The van der Waals surface area contributed by atoms with Crippen LogP contribution in [-0.4, -0.2) is 35.3 Å². The standard InChI is InChI=1S/C24H25N3O5/c1-4-32-22(28)13-15(2)26-24(16-5-8-18(9-6-16)27(29)30)21-11-7-17-14-19(31-3)10-12-20(17)23(21)25-26/h5-6,8-10,12-14,21,24H,4,7,11H2,1-3H3/b15-13-/t21-,24-/m1/s1. The van der Waals surface area contributed by atoms with E-state index >= 15 is 0 Å². The summed E-state index contributed by atoms with van der Waals surface area (Å²) in [6.07, 6.45) is 3.18. The number of hydrogen-bond donors (Lipinski definition) is 0. The molecule has 0 N–H and O–H groups in total. The van der Waals surface area contributed by atoms with E-state index in [-0.39, 0.29) is 17.6 Å². The van der Waals surface area contributed by atoms with Crippen molar-refractivity contribution in [3.63, 3.8) is 0 Å². The van der Waals surface area contributed by atoms with Crippen LogP contribution >= 0.6 is 0 Å². The van der Waals surface area contributed by atoms with Gasteiger partial charge in [0, 0.05) is 35.4 Å².